The van der Waals surface area contributed by atoms with Gasteiger partial charge < -0.3 is 4.74 Å². The lowest BCUT2D eigenvalue weighted by atomic mass is 10.2. The van der Waals surface area contributed by atoms with Gasteiger partial charge in [-0.25, -0.2) is 8.42 Å². The summed E-state index contributed by atoms with van der Waals surface area (Å²) in [5, 5.41) is 0. The molecule has 0 unspecified atom stereocenters. The fourth-order valence-electron chi connectivity index (χ4n) is 2.37. The maximum atomic E-state index is 12.4. The Morgan fingerprint density at radius 1 is 0.760 bits per heavy atom. The monoisotopic (exact) mass is 353 g/mol. The fraction of sp³-hybridized carbons (Fsp3) is 0.100. The Morgan fingerprint density at radius 3 is 2.08 bits per heavy atom. The molecule has 0 heterocycles. The fourth-order valence-corrected chi connectivity index (χ4v) is 3.48. The number of hydrogen-bond acceptors (Lipinski definition) is 3. The summed E-state index contributed by atoms with van der Waals surface area (Å²) in [5.41, 5.74) is 1.42. The molecule has 3 aromatic rings. The Morgan fingerprint density at radius 2 is 1.36 bits per heavy atom. The molecule has 5 heteroatoms. The second-order valence-corrected chi connectivity index (χ2v) is 7.41. The number of aryl methyl sites for hydroxylation is 1. The number of ether oxygens (including phenoxy) is 1. The van der Waals surface area contributed by atoms with E-state index in [4.69, 9.17) is 4.74 Å². The van der Waals surface area contributed by atoms with Gasteiger partial charge in [-0.3, -0.25) is 4.72 Å². The van der Waals surface area contributed by atoms with Crippen LogP contribution in [0.1, 0.15) is 5.56 Å². The molecule has 0 amide bonds. The van der Waals surface area contributed by atoms with E-state index in [1.165, 1.54) is 0 Å². The first-order valence-electron chi connectivity index (χ1n) is 7.99. The van der Waals surface area contributed by atoms with Crippen LogP contribution >= 0.6 is 0 Å². The predicted molar refractivity (Wildman–Crippen MR) is 101 cm³/mol. The average molecular weight is 353 g/mol. The molecule has 0 aliphatic rings. The minimum atomic E-state index is -3.48. The highest BCUT2D eigenvalue weighted by Gasteiger charge is 2.14. The van der Waals surface area contributed by atoms with Gasteiger partial charge in [0.2, 0.25) is 10.0 Å². The summed E-state index contributed by atoms with van der Waals surface area (Å²) in [6.07, 6.45) is 0.456. The van der Waals surface area contributed by atoms with Gasteiger partial charge in [0.15, 0.2) is 5.75 Å². The highest BCUT2D eigenvalue weighted by atomic mass is 32.2. The van der Waals surface area contributed by atoms with Crippen LogP contribution in [0.15, 0.2) is 84.9 Å². The molecule has 4 nitrogen and oxygen atoms in total. The molecule has 0 saturated heterocycles. The summed E-state index contributed by atoms with van der Waals surface area (Å²) in [4.78, 5) is 0. The van der Waals surface area contributed by atoms with Crippen LogP contribution in [0.4, 0.5) is 5.69 Å². The number of para-hydroxylation sites is 3. The third-order valence-corrected chi connectivity index (χ3v) is 4.90. The molecule has 3 aromatic carbocycles. The first-order chi connectivity index (χ1) is 12.1. The Balaban J connectivity index is 1.71. The van der Waals surface area contributed by atoms with Crippen molar-refractivity contribution in [3.8, 4) is 11.5 Å². The van der Waals surface area contributed by atoms with Gasteiger partial charge in [0, 0.05) is 0 Å². The topological polar surface area (TPSA) is 55.4 Å². The van der Waals surface area contributed by atoms with Gasteiger partial charge in [0.25, 0.3) is 0 Å². The number of nitrogens with one attached hydrogen (secondary N) is 1. The molecule has 0 atom stereocenters. The Labute approximate surface area is 148 Å². The van der Waals surface area contributed by atoms with E-state index in [1.807, 2.05) is 60.7 Å². The van der Waals surface area contributed by atoms with E-state index in [9.17, 15) is 8.42 Å². The van der Waals surface area contributed by atoms with Crippen molar-refractivity contribution in [2.24, 2.45) is 0 Å². The third-order valence-electron chi connectivity index (χ3n) is 3.63. The predicted octanol–water partition coefficient (Wildman–Crippen LogP) is 4.46. The molecule has 0 aliphatic heterocycles. The number of sulfonamides is 1. The first kappa shape index (κ1) is 17.0. The maximum Gasteiger partial charge on any atom is 0.233 e. The number of anilines is 1. The summed E-state index contributed by atoms with van der Waals surface area (Å²) >= 11 is 0. The molecular weight excluding hydrogens is 334 g/mol. The van der Waals surface area contributed by atoms with Gasteiger partial charge in [-0.1, -0.05) is 60.7 Å². The van der Waals surface area contributed by atoms with Crippen LogP contribution in [-0.4, -0.2) is 14.2 Å². The van der Waals surface area contributed by atoms with Crippen LogP contribution in [0.3, 0.4) is 0 Å². The molecule has 0 saturated carbocycles. The Kier molecular flexibility index (Phi) is 5.36. The van der Waals surface area contributed by atoms with Crippen molar-refractivity contribution in [2.75, 3.05) is 10.5 Å². The lowest BCUT2D eigenvalue weighted by molar-refractivity contribution is 0.485. The van der Waals surface area contributed by atoms with Crippen LogP contribution in [-0.2, 0) is 16.4 Å². The summed E-state index contributed by atoms with van der Waals surface area (Å²) in [7, 11) is -3.48. The summed E-state index contributed by atoms with van der Waals surface area (Å²) in [5.74, 6) is 1.13. The van der Waals surface area contributed by atoms with E-state index in [2.05, 4.69) is 4.72 Å². The summed E-state index contributed by atoms with van der Waals surface area (Å²) < 4.78 is 33.2. The molecule has 128 valence electrons. The number of rotatable bonds is 7. The average Bonchev–Trinajstić information content (AvgIpc) is 2.63. The molecule has 0 bridgehead atoms. The summed E-state index contributed by atoms with van der Waals surface area (Å²) in [6, 6.07) is 25.8. The molecule has 0 aromatic heterocycles. The standard InChI is InChI=1S/C20H19NO3S/c22-25(23,16-15-17-9-3-1-4-10-17)21-19-13-7-8-14-20(19)24-18-11-5-2-6-12-18/h1-14,21H,15-16H2. The molecular formula is C20H19NO3S. The minimum Gasteiger partial charge on any atom is -0.455 e. The summed E-state index contributed by atoms with van der Waals surface area (Å²) in [6.45, 7) is 0. The van der Waals surface area contributed by atoms with E-state index in [-0.39, 0.29) is 5.75 Å². The van der Waals surface area contributed by atoms with Gasteiger partial charge in [0.1, 0.15) is 5.75 Å². The Bertz CT molecular complexity index is 910. The van der Waals surface area contributed by atoms with Crippen molar-refractivity contribution < 1.29 is 13.2 Å². The highest BCUT2D eigenvalue weighted by Crippen LogP contribution is 2.29. The van der Waals surface area contributed by atoms with Gasteiger partial charge in [-0.05, 0) is 36.2 Å². The molecule has 1 N–H and O–H groups in total. The lowest BCUT2D eigenvalue weighted by Crippen LogP contribution is -2.18. The second-order valence-electron chi connectivity index (χ2n) is 5.57. The van der Waals surface area contributed by atoms with E-state index in [1.54, 1.807) is 24.3 Å². The van der Waals surface area contributed by atoms with Crippen LogP contribution in [0.2, 0.25) is 0 Å². The van der Waals surface area contributed by atoms with E-state index in [0.29, 0.717) is 23.6 Å². The molecule has 0 fully saturated rings. The van der Waals surface area contributed by atoms with Gasteiger partial charge in [0.05, 0.1) is 11.4 Å². The first-order valence-corrected chi connectivity index (χ1v) is 9.64. The largest absolute Gasteiger partial charge is 0.455 e. The SMILES string of the molecule is O=S(=O)(CCc1ccccc1)Nc1ccccc1Oc1ccccc1. The minimum absolute atomic E-state index is 0.0106. The van der Waals surface area contributed by atoms with Crippen molar-refractivity contribution in [3.05, 3.63) is 90.5 Å². The van der Waals surface area contributed by atoms with Crippen molar-refractivity contribution >= 4 is 15.7 Å². The van der Waals surface area contributed by atoms with Crippen molar-refractivity contribution in [1.82, 2.24) is 0 Å². The van der Waals surface area contributed by atoms with E-state index in [0.717, 1.165) is 5.56 Å². The molecule has 0 spiro atoms. The van der Waals surface area contributed by atoms with Crippen LogP contribution in [0, 0.1) is 0 Å². The smallest absolute Gasteiger partial charge is 0.233 e. The zero-order valence-corrected chi connectivity index (χ0v) is 14.4. The van der Waals surface area contributed by atoms with Crippen molar-refractivity contribution in [3.63, 3.8) is 0 Å². The van der Waals surface area contributed by atoms with Crippen LogP contribution < -0.4 is 9.46 Å². The van der Waals surface area contributed by atoms with E-state index >= 15 is 0 Å². The maximum absolute atomic E-state index is 12.4. The number of hydrogen-bond donors (Lipinski definition) is 1. The lowest BCUT2D eigenvalue weighted by Gasteiger charge is -2.13. The zero-order valence-electron chi connectivity index (χ0n) is 13.6. The second kappa shape index (κ2) is 7.85. The quantitative estimate of drug-likeness (QED) is 0.682. The third kappa shape index (κ3) is 5.09. The van der Waals surface area contributed by atoms with Crippen molar-refractivity contribution in [2.45, 2.75) is 6.42 Å². The van der Waals surface area contributed by atoms with Crippen LogP contribution in [0.5, 0.6) is 11.5 Å². The highest BCUT2D eigenvalue weighted by molar-refractivity contribution is 7.92. The van der Waals surface area contributed by atoms with Crippen LogP contribution in [0.25, 0.3) is 0 Å². The van der Waals surface area contributed by atoms with E-state index < -0.39 is 10.0 Å². The number of benzene rings is 3. The van der Waals surface area contributed by atoms with Gasteiger partial charge in [-0.2, -0.15) is 0 Å². The normalized spacial score (nSPS) is 11.0. The van der Waals surface area contributed by atoms with Crippen molar-refractivity contribution in [1.29, 1.82) is 0 Å². The van der Waals surface area contributed by atoms with Gasteiger partial charge >= 0.3 is 0 Å². The zero-order chi connectivity index (χ0) is 17.5. The molecule has 3 rings (SSSR count). The molecule has 0 radical (unpaired) electrons. The Hall–Kier alpha value is -2.79. The molecule has 0 aliphatic carbocycles. The molecule has 25 heavy (non-hydrogen) atoms. The van der Waals surface area contributed by atoms with Gasteiger partial charge in [-0.15, -0.1) is 0 Å².